The van der Waals surface area contributed by atoms with Gasteiger partial charge in [-0.25, -0.2) is 4.98 Å². The molecule has 1 amide bonds. The molecular weight excluding hydrogens is 376 g/mol. The van der Waals surface area contributed by atoms with E-state index < -0.39 is 0 Å². The molecule has 28 heavy (non-hydrogen) atoms. The lowest BCUT2D eigenvalue weighted by Crippen LogP contribution is -2.23. The SMILES string of the molecule is CN(Cc1ccc(-c2ccc(Cl)cc2)o1)C(=O)/C=C/c1nc2ccccc2o1. The minimum Gasteiger partial charge on any atom is -0.459 e. The Morgan fingerprint density at radius 3 is 2.64 bits per heavy atom. The average molecular weight is 393 g/mol. The molecule has 2 aromatic carbocycles. The zero-order valence-corrected chi connectivity index (χ0v) is 15.9. The standard InChI is InChI=1S/C22H17ClN2O3/c1-25(14-17-10-11-19(27-17)15-6-8-16(23)9-7-15)22(26)13-12-21-24-18-4-2-3-5-20(18)28-21/h2-13H,14H2,1H3/b13-12+. The lowest BCUT2D eigenvalue weighted by Gasteiger charge is -2.12. The topological polar surface area (TPSA) is 59.5 Å². The van der Waals surface area contributed by atoms with Crippen LogP contribution in [-0.2, 0) is 11.3 Å². The first-order chi connectivity index (χ1) is 13.6. The van der Waals surface area contributed by atoms with Crippen LogP contribution in [0.25, 0.3) is 28.5 Å². The van der Waals surface area contributed by atoms with Gasteiger partial charge in [0.1, 0.15) is 17.0 Å². The molecule has 4 rings (SSSR count). The highest BCUT2D eigenvalue weighted by Crippen LogP contribution is 2.24. The quantitative estimate of drug-likeness (QED) is 0.426. The first-order valence-corrected chi connectivity index (χ1v) is 9.10. The average Bonchev–Trinajstić information content (AvgIpc) is 3.33. The van der Waals surface area contributed by atoms with E-state index >= 15 is 0 Å². The molecule has 0 fully saturated rings. The number of oxazole rings is 1. The second-order valence-corrected chi connectivity index (χ2v) is 6.76. The smallest absolute Gasteiger partial charge is 0.246 e. The number of carbonyl (C=O) groups is 1. The molecule has 0 saturated heterocycles. The van der Waals surface area contributed by atoms with Crippen LogP contribution < -0.4 is 0 Å². The first kappa shape index (κ1) is 18.1. The summed E-state index contributed by atoms with van der Waals surface area (Å²) in [6, 6.07) is 18.6. The third-order valence-electron chi connectivity index (χ3n) is 4.24. The molecule has 2 aromatic heterocycles. The number of amides is 1. The number of aromatic nitrogens is 1. The zero-order valence-electron chi connectivity index (χ0n) is 15.1. The monoisotopic (exact) mass is 392 g/mol. The molecule has 0 saturated carbocycles. The number of benzene rings is 2. The number of likely N-dealkylation sites (N-methyl/N-ethyl adjacent to an activating group) is 1. The fraction of sp³-hybridized carbons (Fsp3) is 0.0909. The van der Waals surface area contributed by atoms with Crippen molar-refractivity contribution >= 4 is 34.7 Å². The molecule has 0 N–H and O–H groups in total. The van der Waals surface area contributed by atoms with Gasteiger partial charge in [0.15, 0.2) is 5.58 Å². The molecule has 140 valence electrons. The van der Waals surface area contributed by atoms with Crippen molar-refractivity contribution in [1.29, 1.82) is 0 Å². The predicted molar refractivity (Wildman–Crippen MR) is 109 cm³/mol. The Morgan fingerprint density at radius 1 is 1.07 bits per heavy atom. The largest absolute Gasteiger partial charge is 0.459 e. The van der Waals surface area contributed by atoms with Crippen molar-refractivity contribution in [1.82, 2.24) is 9.88 Å². The fourth-order valence-corrected chi connectivity index (χ4v) is 2.90. The van der Waals surface area contributed by atoms with Crippen LogP contribution in [0.1, 0.15) is 11.7 Å². The van der Waals surface area contributed by atoms with Crippen molar-refractivity contribution in [2.24, 2.45) is 0 Å². The summed E-state index contributed by atoms with van der Waals surface area (Å²) >= 11 is 5.91. The Labute approximate surface area is 166 Å². The lowest BCUT2D eigenvalue weighted by atomic mass is 10.2. The van der Waals surface area contributed by atoms with Crippen molar-refractivity contribution in [3.63, 3.8) is 0 Å². The van der Waals surface area contributed by atoms with Crippen LogP contribution in [0.3, 0.4) is 0 Å². The third kappa shape index (κ3) is 4.00. The summed E-state index contributed by atoms with van der Waals surface area (Å²) in [5.41, 5.74) is 2.38. The molecule has 0 radical (unpaired) electrons. The minimum absolute atomic E-state index is 0.174. The number of furan rings is 1. The van der Waals surface area contributed by atoms with Crippen LogP contribution in [-0.4, -0.2) is 22.8 Å². The summed E-state index contributed by atoms with van der Waals surface area (Å²) in [7, 11) is 1.71. The number of hydrogen-bond donors (Lipinski definition) is 0. The molecule has 0 aliphatic heterocycles. The molecule has 2 heterocycles. The van der Waals surface area contributed by atoms with Crippen molar-refractivity contribution in [2.75, 3.05) is 7.05 Å². The molecule has 0 unspecified atom stereocenters. The van der Waals surface area contributed by atoms with E-state index in [1.807, 2.05) is 60.7 Å². The molecule has 0 bridgehead atoms. The molecule has 5 nitrogen and oxygen atoms in total. The summed E-state index contributed by atoms with van der Waals surface area (Å²) in [5, 5.41) is 0.673. The number of nitrogens with zero attached hydrogens (tertiary/aromatic N) is 2. The van der Waals surface area contributed by atoms with Crippen LogP contribution in [0.4, 0.5) is 0 Å². The van der Waals surface area contributed by atoms with E-state index in [0.29, 0.717) is 28.8 Å². The van der Waals surface area contributed by atoms with Gasteiger partial charge in [-0.05, 0) is 48.5 Å². The van der Waals surface area contributed by atoms with Crippen LogP contribution in [0.2, 0.25) is 5.02 Å². The summed E-state index contributed by atoms with van der Waals surface area (Å²) in [5.74, 6) is 1.64. The second-order valence-electron chi connectivity index (χ2n) is 6.32. The molecule has 0 aliphatic rings. The number of hydrogen-bond acceptors (Lipinski definition) is 4. The summed E-state index contributed by atoms with van der Waals surface area (Å²) in [6.07, 6.45) is 3.01. The first-order valence-electron chi connectivity index (χ1n) is 8.72. The lowest BCUT2D eigenvalue weighted by molar-refractivity contribution is -0.125. The summed E-state index contributed by atoms with van der Waals surface area (Å²) in [6.45, 7) is 0.352. The number of para-hydroxylation sites is 2. The number of fused-ring (bicyclic) bond motifs is 1. The van der Waals surface area contributed by atoms with Crippen LogP contribution in [0, 0.1) is 0 Å². The van der Waals surface area contributed by atoms with Gasteiger partial charge < -0.3 is 13.7 Å². The van der Waals surface area contributed by atoms with Crippen molar-refractivity contribution in [2.45, 2.75) is 6.54 Å². The minimum atomic E-state index is -0.174. The molecule has 6 heteroatoms. The maximum absolute atomic E-state index is 12.4. The van der Waals surface area contributed by atoms with E-state index in [1.54, 1.807) is 18.0 Å². The van der Waals surface area contributed by atoms with Gasteiger partial charge in [-0.1, -0.05) is 23.7 Å². The van der Waals surface area contributed by atoms with E-state index in [-0.39, 0.29) is 5.91 Å². The Kier molecular flexibility index (Phi) is 5.00. The molecule has 0 spiro atoms. The van der Waals surface area contributed by atoms with Gasteiger partial charge in [-0.2, -0.15) is 0 Å². The van der Waals surface area contributed by atoms with Crippen molar-refractivity contribution < 1.29 is 13.6 Å². The Hall–Kier alpha value is -3.31. The Morgan fingerprint density at radius 2 is 1.86 bits per heavy atom. The highest BCUT2D eigenvalue weighted by atomic mass is 35.5. The second kappa shape index (κ2) is 7.74. The van der Waals surface area contributed by atoms with Crippen molar-refractivity contribution in [3.8, 4) is 11.3 Å². The van der Waals surface area contributed by atoms with Crippen LogP contribution >= 0.6 is 11.6 Å². The van der Waals surface area contributed by atoms with Gasteiger partial charge in [-0.3, -0.25) is 4.79 Å². The van der Waals surface area contributed by atoms with Gasteiger partial charge >= 0.3 is 0 Å². The highest BCUT2D eigenvalue weighted by Gasteiger charge is 2.11. The van der Waals surface area contributed by atoms with Gasteiger partial charge in [0, 0.05) is 29.8 Å². The van der Waals surface area contributed by atoms with Gasteiger partial charge in [0.25, 0.3) is 0 Å². The molecule has 4 aromatic rings. The number of rotatable bonds is 5. The number of carbonyl (C=O) groups excluding carboxylic acids is 1. The Bertz CT molecular complexity index is 1110. The molecule has 0 atom stereocenters. The Balaban J connectivity index is 1.41. The van der Waals surface area contributed by atoms with Gasteiger partial charge in [0.05, 0.1) is 6.54 Å². The predicted octanol–water partition coefficient (Wildman–Crippen LogP) is 5.41. The third-order valence-corrected chi connectivity index (χ3v) is 4.49. The van der Waals surface area contributed by atoms with Crippen LogP contribution in [0.15, 0.2) is 75.6 Å². The fourth-order valence-electron chi connectivity index (χ4n) is 2.78. The summed E-state index contributed by atoms with van der Waals surface area (Å²) in [4.78, 5) is 18.2. The van der Waals surface area contributed by atoms with Crippen molar-refractivity contribution in [3.05, 3.63) is 83.4 Å². The number of halogens is 1. The van der Waals surface area contributed by atoms with Gasteiger partial charge in [-0.15, -0.1) is 0 Å². The molecular formula is C22H17ClN2O3. The normalized spacial score (nSPS) is 11.4. The highest BCUT2D eigenvalue weighted by molar-refractivity contribution is 6.30. The maximum Gasteiger partial charge on any atom is 0.246 e. The molecule has 0 aliphatic carbocycles. The van der Waals surface area contributed by atoms with E-state index in [4.69, 9.17) is 20.4 Å². The summed E-state index contributed by atoms with van der Waals surface area (Å²) < 4.78 is 11.4. The zero-order chi connectivity index (χ0) is 19.5. The maximum atomic E-state index is 12.4. The van der Waals surface area contributed by atoms with E-state index in [0.717, 1.165) is 16.8 Å². The van der Waals surface area contributed by atoms with Crippen LogP contribution in [0.5, 0.6) is 0 Å². The van der Waals surface area contributed by atoms with E-state index in [2.05, 4.69) is 4.98 Å². The van der Waals surface area contributed by atoms with Gasteiger partial charge in [0.2, 0.25) is 11.8 Å². The van der Waals surface area contributed by atoms with E-state index in [1.165, 1.54) is 6.08 Å². The van der Waals surface area contributed by atoms with E-state index in [9.17, 15) is 4.79 Å².